The van der Waals surface area contributed by atoms with Gasteiger partial charge in [0.05, 0.1) is 15.9 Å². The van der Waals surface area contributed by atoms with Crippen LogP contribution in [0.3, 0.4) is 0 Å². The number of ketones is 1. The minimum Gasteiger partial charge on any atom is -0.310 e. The molecule has 4 heterocycles. The van der Waals surface area contributed by atoms with Gasteiger partial charge in [0.25, 0.3) is 0 Å². The predicted molar refractivity (Wildman–Crippen MR) is 157 cm³/mol. The van der Waals surface area contributed by atoms with Crippen LogP contribution in [0.5, 0.6) is 0 Å². The maximum Gasteiger partial charge on any atom is 0.195 e. The van der Waals surface area contributed by atoms with E-state index in [-0.39, 0.29) is 17.6 Å². The molecule has 4 aromatic rings. The molecule has 7 rings (SSSR count). The molecule has 2 aliphatic heterocycles. The highest BCUT2D eigenvalue weighted by molar-refractivity contribution is 7.23. The van der Waals surface area contributed by atoms with E-state index in [0.717, 1.165) is 78.2 Å². The molecule has 0 bridgehead atoms. The first-order valence-electron chi connectivity index (χ1n) is 14.9. The van der Waals surface area contributed by atoms with Gasteiger partial charge in [0.1, 0.15) is 12.0 Å². The molecular formula is C32H36F2N4OS. The number of piperidine rings is 1. The predicted octanol–water partition coefficient (Wildman–Crippen LogP) is 7.44. The molecule has 0 amide bonds. The van der Waals surface area contributed by atoms with Crippen LogP contribution in [0.1, 0.15) is 91.2 Å². The van der Waals surface area contributed by atoms with E-state index in [1.165, 1.54) is 29.7 Å². The second-order valence-electron chi connectivity index (χ2n) is 11.8. The fourth-order valence-corrected chi connectivity index (χ4v) is 7.54. The Kier molecular flexibility index (Phi) is 7.18. The van der Waals surface area contributed by atoms with E-state index in [4.69, 9.17) is 4.98 Å². The van der Waals surface area contributed by atoms with Crippen molar-refractivity contribution >= 4 is 32.3 Å². The van der Waals surface area contributed by atoms with Crippen molar-refractivity contribution in [1.29, 1.82) is 0 Å². The number of thiazole rings is 1. The number of benzene rings is 2. The van der Waals surface area contributed by atoms with Gasteiger partial charge in [-0.15, -0.1) is 0 Å². The number of hydrogen-bond donors (Lipinski definition) is 1. The van der Waals surface area contributed by atoms with E-state index in [1.54, 1.807) is 6.07 Å². The molecule has 0 radical (unpaired) electrons. The SMILES string of the molecule is O=C(CCCCN1CCC(F)CC1)c1ccc2c(c1)sc1nc(-c3cc(C4CC4)c([C@H]4CCCN4)cc3F)cn12. The highest BCUT2D eigenvalue weighted by atomic mass is 32.1. The Morgan fingerprint density at radius 1 is 1.05 bits per heavy atom. The summed E-state index contributed by atoms with van der Waals surface area (Å²) in [5.41, 5.74) is 5.37. The molecule has 2 aromatic heterocycles. The number of Topliss-reactive ketones (excluding diaryl/α,β-unsaturated/α-hetero) is 1. The molecule has 1 atom stereocenters. The fraction of sp³-hybridized carbons (Fsp3) is 0.500. The van der Waals surface area contributed by atoms with Gasteiger partial charge in [0.2, 0.25) is 0 Å². The van der Waals surface area contributed by atoms with Crippen LogP contribution in [0.2, 0.25) is 0 Å². The van der Waals surface area contributed by atoms with Gasteiger partial charge in [0, 0.05) is 42.9 Å². The summed E-state index contributed by atoms with van der Waals surface area (Å²) in [6.07, 6.45) is 9.42. The molecule has 2 saturated heterocycles. The van der Waals surface area contributed by atoms with Crippen LogP contribution in [-0.2, 0) is 0 Å². The van der Waals surface area contributed by atoms with Crippen molar-refractivity contribution in [2.75, 3.05) is 26.2 Å². The fourth-order valence-electron chi connectivity index (χ4n) is 6.50. The van der Waals surface area contributed by atoms with Crippen LogP contribution >= 0.6 is 11.3 Å². The lowest BCUT2D eigenvalue weighted by molar-refractivity contribution is 0.0976. The second kappa shape index (κ2) is 11.0. The molecule has 8 heteroatoms. The Hall–Kier alpha value is -2.68. The van der Waals surface area contributed by atoms with Gasteiger partial charge in [0.15, 0.2) is 10.7 Å². The van der Waals surface area contributed by atoms with Crippen molar-refractivity contribution in [3.8, 4) is 11.3 Å². The normalized spacial score (nSPS) is 20.7. The summed E-state index contributed by atoms with van der Waals surface area (Å²) in [4.78, 5) is 20.8. The first-order chi connectivity index (χ1) is 19.5. The molecule has 2 aromatic carbocycles. The number of unbranched alkanes of at least 4 members (excludes halogenated alkanes) is 1. The van der Waals surface area contributed by atoms with Crippen LogP contribution in [0.25, 0.3) is 26.4 Å². The lowest BCUT2D eigenvalue weighted by atomic mass is 9.93. The van der Waals surface area contributed by atoms with Crippen LogP contribution < -0.4 is 5.32 Å². The van der Waals surface area contributed by atoms with Gasteiger partial charge >= 0.3 is 0 Å². The summed E-state index contributed by atoms with van der Waals surface area (Å²) in [5.74, 6) is 0.483. The monoisotopic (exact) mass is 562 g/mol. The molecule has 3 fully saturated rings. The number of aromatic nitrogens is 2. The smallest absolute Gasteiger partial charge is 0.195 e. The Morgan fingerprint density at radius 2 is 1.90 bits per heavy atom. The van der Waals surface area contributed by atoms with Crippen molar-refractivity contribution in [2.45, 2.75) is 75.9 Å². The standard InChI is InChI=1S/C32H36F2N4OS/c33-22-10-14-37(15-11-22)13-2-1-5-30(39)21-8-9-29-31(16-21)40-32-36-28(19-38(29)32)25-17-23(20-6-7-20)24(18-26(25)34)27-4-3-12-35-27/h8-9,16-20,22,27,35H,1-7,10-15H2/t27-/m1/s1. The summed E-state index contributed by atoms with van der Waals surface area (Å²) in [6, 6.07) is 9.92. The third-order valence-corrected chi connectivity index (χ3v) is 9.98. The summed E-state index contributed by atoms with van der Waals surface area (Å²) >= 11 is 1.54. The van der Waals surface area contributed by atoms with E-state index < -0.39 is 6.17 Å². The first kappa shape index (κ1) is 26.2. The highest BCUT2D eigenvalue weighted by Crippen LogP contribution is 2.46. The van der Waals surface area contributed by atoms with Crippen LogP contribution in [0.15, 0.2) is 36.5 Å². The van der Waals surface area contributed by atoms with Crippen LogP contribution in [-0.4, -0.2) is 52.4 Å². The van der Waals surface area contributed by atoms with Gasteiger partial charge < -0.3 is 10.2 Å². The topological polar surface area (TPSA) is 49.6 Å². The van der Waals surface area contributed by atoms with E-state index in [0.29, 0.717) is 36.4 Å². The molecule has 40 heavy (non-hydrogen) atoms. The molecule has 1 saturated carbocycles. The number of imidazole rings is 1. The molecule has 210 valence electrons. The molecule has 0 spiro atoms. The zero-order valence-electron chi connectivity index (χ0n) is 22.8. The van der Waals surface area contributed by atoms with E-state index in [9.17, 15) is 9.18 Å². The number of carbonyl (C=O) groups excluding carboxylic acids is 1. The van der Waals surface area contributed by atoms with Crippen LogP contribution in [0.4, 0.5) is 8.78 Å². The van der Waals surface area contributed by atoms with Crippen molar-refractivity contribution in [3.63, 3.8) is 0 Å². The van der Waals surface area contributed by atoms with Crippen molar-refractivity contribution < 1.29 is 13.6 Å². The number of likely N-dealkylation sites (tertiary alicyclic amines) is 1. The molecule has 1 N–H and O–H groups in total. The highest BCUT2D eigenvalue weighted by Gasteiger charge is 2.31. The zero-order valence-corrected chi connectivity index (χ0v) is 23.6. The van der Waals surface area contributed by atoms with Gasteiger partial charge in [-0.05, 0) is 112 Å². The van der Waals surface area contributed by atoms with Gasteiger partial charge in [-0.1, -0.05) is 11.3 Å². The average Bonchev–Trinajstić information content (AvgIpc) is 3.34. The van der Waals surface area contributed by atoms with Gasteiger partial charge in [-0.2, -0.15) is 0 Å². The minimum absolute atomic E-state index is 0.155. The molecule has 0 unspecified atom stereocenters. The summed E-state index contributed by atoms with van der Waals surface area (Å²) in [6.45, 7) is 3.58. The largest absolute Gasteiger partial charge is 0.310 e. The lowest BCUT2D eigenvalue weighted by Crippen LogP contribution is -2.35. The third kappa shape index (κ3) is 5.21. The Bertz CT molecular complexity index is 1540. The second-order valence-corrected chi connectivity index (χ2v) is 12.9. The minimum atomic E-state index is -0.647. The number of halogens is 2. The maximum absolute atomic E-state index is 15.5. The zero-order chi connectivity index (χ0) is 27.2. The van der Waals surface area contributed by atoms with Gasteiger partial charge in [-0.25, -0.2) is 13.8 Å². The Morgan fingerprint density at radius 3 is 2.67 bits per heavy atom. The molecule has 5 nitrogen and oxygen atoms in total. The van der Waals surface area contributed by atoms with Crippen molar-refractivity contribution in [3.05, 3.63) is 59.0 Å². The van der Waals surface area contributed by atoms with E-state index in [1.807, 2.05) is 28.8 Å². The number of nitrogens with one attached hydrogen (secondary N) is 1. The number of hydrogen-bond acceptors (Lipinski definition) is 5. The third-order valence-electron chi connectivity index (χ3n) is 8.96. The van der Waals surface area contributed by atoms with E-state index in [2.05, 4.69) is 16.3 Å². The average molecular weight is 563 g/mol. The summed E-state index contributed by atoms with van der Waals surface area (Å²) < 4.78 is 31.8. The van der Waals surface area contributed by atoms with Crippen LogP contribution in [0, 0.1) is 5.82 Å². The first-order valence-corrected chi connectivity index (χ1v) is 15.7. The quantitative estimate of drug-likeness (QED) is 0.170. The molecular weight excluding hydrogens is 526 g/mol. The molecule has 3 aliphatic rings. The number of nitrogens with zero attached hydrogens (tertiary/aromatic N) is 3. The maximum atomic E-state index is 15.5. The summed E-state index contributed by atoms with van der Waals surface area (Å²) in [5, 5.41) is 3.54. The number of fused-ring (bicyclic) bond motifs is 3. The lowest BCUT2D eigenvalue weighted by Gasteiger charge is -2.28. The number of alkyl halides is 1. The molecule has 1 aliphatic carbocycles. The Balaban J connectivity index is 1.06. The van der Waals surface area contributed by atoms with Crippen molar-refractivity contribution in [1.82, 2.24) is 19.6 Å². The van der Waals surface area contributed by atoms with Gasteiger partial charge in [-0.3, -0.25) is 9.20 Å². The summed E-state index contributed by atoms with van der Waals surface area (Å²) in [7, 11) is 0. The van der Waals surface area contributed by atoms with E-state index >= 15 is 4.39 Å². The number of carbonyl (C=O) groups is 1. The van der Waals surface area contributed by atoms with Crippen molar-refractivity contribution in [2.24, 2.45) is 0 Å². The number of rotatable bonds is 9. The Labute approximate surface area is 237 Å².